The van der Waals surface area contributed by atoms with Crippen molar-refractivity contribution in [3.63, 3.8) is 0 Å². The highest BCUT2D eigenvalue weighted by atomic mass is 16.8. The molecule has 1 N–H and O–H groups in total. The number of hydrogen-bond donors (Lipinski definition) is 1. The topological polar surface area (TPSA) is 141 Å². The molecule has 27 heavy (non-hydrogen) atoms. The van der Waals surface area contributed by atoms with E-state index in [4.69, 9.17) is 24.5 Å². The predicted octanol–water partition coefficient (Wildman–Crippen LogP) is 0.815. The van der Waals surface area contributed by atoms with Gasteiger partial charge >= 0.3 is 5.69 Å². The molecule has 0 amide bonds. The van der Waals surface area contributed by atoms with E-state index >= 15 is 0 Å². The zero-order valence-corrected chi connectivity index (χ0v) is 14.9. The summed E-state index contributed by atoms with van der Waals surface area (Å²) in [6.45, 7) is 0.0633. The number of nitrogens with one attached hydrogen (secondary N) is 1. The Balaban J connectivity index is 1.77. The van der Waals surface area contributed by atoms with Gasteiger partial charge in [-0.05, 0) is 18.4 Å². The third kappa shape index (κ3) is 2.97. The van der Waals surface area contributed by atoms with Crippen molar-refractivity contribution < 1.29 is 18.9 Å². The van der Waals surface area contributed by atoms with E-state index in [0.29, 0.717) is 0 Å². The van der Waals surface area contributed by atoms with Crippen molar-refractivity contribution in [1.29, 1.82) is 0 Å². The lowest BCUT2D eigenvalue weighted by molar-refractivity contribution is -0.238. The SMILES string of the molecule is COC[C@@]1(CN=[N+]=[N-])O[C@@H](n2ccc(=O)[nH]c2=O)[C@@H]2OC3(CCCC3)O[C@@H]21. The minimum Gasteiger partial charge on any atom is -0.382 e. The molecule has 2 saturated heterocycles. The van der Waals surface area contributed by atoms with Crippen molar-refractivity contribution in [2.45, 2.75) is 55.5 Å². The molecule has 11 nitrogen and oxygen atoms in total. The molecular formula is C16H21N5O6. The third-order valence-electron chi connectivity index (χ3n) is 5.43. The predicted molar refractivity (Wildman–Crippen MR) is 91.0 cm³/mol. The number of ether oxygens (including phenoxy) is 4. The van der Waals surface area contributed by atoms with Crippen molar-refractivity contribution in [2.75, 3.05) is 20.3 Å². The van der Waals surface area contributed by atoms with Crippen LogP contribution in [-0.4, -0.2) is 53.4 Å². The van der Waals surface area contributed by atoms with Crippen molar-refractivity contribution in [1.82, 2.24) is 9.55 Å². The minimum atomic E-state index is -1.10. The average Bonchev–Trinajstić information content (AvgIpc) is 3.32. The lowest BCUT2D eigenvalue weighted by Gasteiger charge is -2.34. The molecular weight excluding hydrogens is 358 g/mol. The van der Waals surface area contributed by atoms with Crippen molar-refractivity contribution in [2.24, 2.45) is 5.11 Å². The summed E-state index contributed by atoms with van der Waals surface area (Å²) in [4.78, 5) is 28.8. The summed E-state index contributed by atoms with van der Waals surface area (Å²) in [7, 11) is 1.51. The number of azide groups is 1. The third-order valence-corrected chi connectivity index (χ3v) is 5.43. The van der Waals surface area contributed by atoms with Crippen LogP contribution in [0.15, 0.2) is 27.0 Å². The van der Waals surface area contributed by atoms with Crippen molar-refractivity contribution >= 4 is 0 Å². The molecule has 3 heterocycles. The summed E-state index contributed by atoms with van der Waals surface area (Å²) in [5, 5.41) is 3.68. The molecule has 1 aliphatic carbocycles. The smallest absolute Gasteiger partial charge is 0.330 e. The van der Waals surface area contributed by atoms with Crippen LogP contribution in [0.1, 0.15) is 31.9 Å². The van der Waals surface area contributed by atoms with Crippen LogP contribution in [0.5, 0.6) is 0 Å². The largest absolute Gasteiger partial charge is 0.382 e. The Kier molecular flexibility index (Phi) is 4.57. The molecule has 4 rings (SSSR count). The normalized spacial score (nSPS) is 33.9. The molecule has 0 aromatic carbocycles. The fraction of sp³-hybridized carbons (Fsp3) is 0.750. The van der Waals surface area contributed by atoms with Gasteiger partial charge in [-0.25, -0.2) is 4.79 Å². The molecule has 146 valence electrons. The van der Waals surface area contributed by atoms with E-state index in [-0.39, 0.29) is 13.2 Å². The van der Waals surface area contributed by atoms with E-state index < -0.39 is 41.1 Å². The molecule has 11 heteroatoms. The standard InChI is InChI=1S/C16H21N5O6/c1-24-9-15(8-18-20-17)12-11(25-16(26-12)5-2-3-6-16)13(27-15)21-7-4-10(22)19-14(21)23/h4,7,11-13H,2-3,5-6,8-9H2,1H3,(H,19,22,23)/t11-,12+,13-,15-/m1/s1. The summed E-state index contributed by atoms with van der Waals surface area (Å²) in [6.07, 6.45) is 2.80. The second-order valence-corrected chi connectivity index (χ2v) is 7.15. The van der Waals surface area contributed by atoms with Crippen molar-refractivity contribution in [3.05, 3.63) is 43.5 Å². The van der Waals surface area contributed by atoms with Crippen LogP contribution in [-0.2, 0) is 18.9 Å². The van der Waals surface area contributed by atoms with Crippen LogP contribution in [0.3, 0.4) is 0 Å². The van der Waals surface area contributed by atoms with E-state index in [0.717, 1.165) is 25.7 Å². The first-order valence-electron chi connectivity index (χ1n) is 8.87. The van der Waals surface area contributed by atoms with Gasteiger partial charge in [0.2, 0.25) is 0 Å². The highest BCUT2D eigenvalue weighted by Crippen LogP contribution is 2.52. The molecule has 0 unspecified atom stereocenters. The quantitative estimate of drug-likeness (QED) is 0.456. The van der Waals surface area contributed by atoms with E-state index in [2.05, 4.69) is 15.0 Å². The van der Waals surface area contributed by atoms with Crippen LogP contribution < -0.4 is 11.2 Å². The number of hydrogen-bond acceptors (Lipinski definition) is 7. The molecule has 0 bridgehead atoms. The zero-order valence-electron chi connectivity index (χ0n) is 14.9. The lowest BCUT2D eigenvalue weighted by atomic mass is 9.96. The maximum atomic E-state index is 12.3. The second-order valence-electron chi connectivity index (χ2n) is 7.15. The van der Waals surface area contributed by atoms with E-state index in [1.54, 1.807) is 0 Å². The van der Waals surface area contributed by atoms with Gasteiger partial charge in [-0.15, -0.1) is 0 Å². The van der Waals surface area contributed by atoms with Gasteiger partial charge in [-0.1, -0.05) is 5.11 Å². The molecule has 1 aromatic heterocycles. The molecule has 1 spiro atoms. The highest BCUT2D eigenvalue weighted by Gasteiger charge is 2.65. The summed E-state index contributed by atoms with van der Waals surface area (Å²) in [5.74, 6) is -0.724. The van der Waals surface area contributed by atoms with Gasteiger partial charge in [-0.2, -0.15) is 0 Å². The Morgan fingerprint density at radius 1 is 1.37 bits per heavy atom. The zero-order chi connectivity index (χ0) is 19.1. The Hall–Kier alpha value is -2.17. The molecule has 1 saturated carbocycles. The van der Waals surface area contributed by atoms with Gasteiger partial charge < -0.3 is 18.9 Å². The van der Waals surface area contributed by atoms with Gasteiger partial charge in [0.05, 0.1) is 13.2 Å². The summed E-state index contributed by atoms with van der Waals surface area (Å²) < 4.78 is 25.4. The van der Waals surface area contributed by atoms with E-state index in [1.165, 1.54) is 23.9 Å². The number of aromatic nitrogens is 2. The first-order valence-corrected chi connectivity index (χ1v) is 8.87. The van der Waals surface area contributed by atoms with Gasteiger partial charge in [0.1, 0.15) is 17.8 Å². The Labute approximate surface area is 153 Å². The maximum absolute atomic E-state index is 12.3. The van der Waals surface area contributed by atoms with Crippen LogP contribution in [0.2, 0.25) is 0 Å². The van der Waals surface area contributed by atoms with Gasteiger partial charge in [-0.3, -0.25) is 14.3 Å². The van der Waals surface area contributed by atoms with Gasteiger partial charge in [0, 0.05) is 37.1 Å². The van der Waals surface area contributed by atoms with Crippen molar-refractivity contribution in [3.8, 4) is 0 Å². The number of fused-ring (bicyclic) bond motifs is 1. The van der Waals surface area contributed by atoms with Gasteiger partial charge in [0.15, 0.2) is 12.0 Å². The summed E-state index contributed by atoms with van der Waals surface area (Å²) in [6, 6.07) is 1.24. The highest BCUT2D eigenvalue weighted by molar-refractivity contribution is 5.09. The van der Waals surface area contributed by atoms with Crippen LogP contribution in [0, 0.1) is 0 Å². The number of methoxy groups -OCH3 is 1. The monoisotopic (exact) mass is 379 g/mol. The molecule has 3 aliphatic rings. The molecule has 1 aromatic rings. The molecule has 3 fully saturated rings. The molecule has 4 atom stereocenters. The minimum absolute atomic E-state index is 0.0352. The Morgan fingerprint density at radius 3 is 2.81 bits per heavy atom. The first kappa shape index (κ1) is 18.2. The summed E-state index contributed by atoms with van der Waals surface area (Å²) in [5.41, 5.74) is 6.60. The Morgan fingerprint density at radius 2 is 2.15 bits per heavy atom. The number of aromatic amines is 1. The fourth-order valence-corrected chi connectivity index (χ4v) is 4.30. The second kappa shape index (κ2) is 6.77. The van der Waals surface area contributed by atoms with Crippen LogP contribution in [0.25, 0.3) is 10.4 Å². The maximum Gasteiger partial charge on any atom is 0.330 e. The molecule has 2 aliphatic heterocycles. The number of rotatable bonds is 5. The first-order chi connectivity index (χ1) is 13.0. The lowest BCUT2D eigenvalue weighted by Crippen LogP contribution is -2.49. The summed E-state index contributed by atoms with van der Waals surface area (Å²) >= 11 is 0. The van der Waals surface area contributed by atoms with E-state index in [9.17, 15) is 9.59 Å². The van der Waals surface area contributed by atoms with E-state index in [1.807, 2.05) is 0 Å². The average molecular weight is 379 g/mol. The number of H-pyrrole nitrogens is 1. The number of nitrogens with zero attached hydrogens (tertiary/aromatic N) is 4. The fourth-order valence-electron chi connectivity index (χ4n) is 4.30. The van der Waals surface area contributed by atoms with Gasteiger partial charge in [0.25, 0.3) is 5.56 Å². The van der Waals surface area contributed by atoms with Crippen LogP contribution >= 0.6 is 0 Å². The molecule has 0 radical (unpaired) electrons. The Bertz CT molecular complexity index is 871. The van der Waals surface area contributed by atoms with Crippen LogP contribution in [0.4, 0.5) is 0 Å².